The molecule has 0 saturated carbocycles. The van der Waals surface area contributed by atoms with E-state index in [0.717, 1.165) is 0 Å². The average molecular weight is 247 g/mol. The lowest BCUT2D eigenvalue weighted by atomic mass is 10.2. The maximum absolute atomic E-state index is 13.2. The Morgan fingerprint density at radius 2 is 2.22 bits per heavy atom. The van der Waals surface area contributed by atoms with Crippen molar-refractivity contribution in [2.45, 2.75) is 0 Å². The Labute approximate surface area is 102 Å². The van der Waals surface area contributed by atoms with E-state index in [1.54, 1.807) is 0 Å². The first-order valence-corrected chi connectivity index (χ1v) is 4.96. The first kappa shape index (κ1) is 11.8. The van der Waals surface area contributed by atoms with Crippen LogP contribution in [0.2, 0.25) is 0 Å². The van der Waals surface area contributed by atoms with Crippen LogP contribution < -0.4 is 11.5 Å². The van der Waals surface area contributed by atoms with Gasteiger partial charge in [-0.05, 0) is 28.5 Å². The molecule has 4 N–H and O–H groups in total. The number of nitrogen functional groups attached to an aromatic ring is 1. The molecule has 18 heavy (non-hydrogen) atoms. The van der Waals surface area contributed by atoms with Crippen molar-refractivity contribution in [3.63, 3.8) is 0 Å². The van der Waals surface area contributed by atoms with E-state index in [1.165, 1.54) is 24.3 Å². The van der Waals surface area contributed by atoms with Crippen molar-refractivity contribution < 1.29 is 9.02 Å². The molecule has 0 aliphatic carbocycles. The first-order chi connectivity index (χ1) is 8.61. The lowest BCUT2D eigenvalue weighted by Gasteiger charge is -2.00. The fraction of sp³-hybridized carbons (Fsp3) is 0. The molecular weight excluding hydrogens is 237 g/mol. The summed E-state index contributed by atoms with van der Waals surface area (Å²) < 4.78 is 17.6. The Hall–Kier alpha value is -2.70. The van der Waals surface area contributed by atoms with Crippen LogP contribution in [0.5, 0.6) is 0 Å². The second-order valence-electron chi connectivity index (χ2n) is 3.41. The van der Waals surface area contributed by atoms with E-state index in [0.29, 0.717) is 11.3 Å². The number of benzene rings is 1. The fourth-order valence-corrected chi connectivity index (χ4v) is 1.32. The van der Waals surface area contributed by atoms with Gasteiger partial charge in [-0.1, -0.05) is 12.7 Å². The molecule has 6 nitrogen and oxygen atoms in total. The minimum Gasteiger partial charge on any atom is -0.382 e. The highest BCUT2D eigenvalue weighted by atomic mass is 19.1. The SMILES string of the molecule is C=Cc1cc(N=C(N)c2nonc2N)ccc1F. The molecule has 0 spiro atoms. The maximum atomic E-state index is 13.2. The van der Waals surface area contributed by atoms with Crippen LogP contribution in [0.25, 0.3) is 6.08 Å². The minimum absolute atomic E-state index is 0.0374. The van der Waals surface area contributed by atoms with E-state index in [-0.39, 0.29) is 23.2 Å². The zero-order valence-corrected chi connectivity index (χ0v) is 9.30. The number of hydrogen-bond acceptors (Lipinski definition) is 5. The monoisotopic (exact) mass is 247 g/mol. The second kappa shape index (κ2) is 4.66. The van der Waals surface area contributed by atoms with Gasteiger partial charge in [-0.3, -0.25) is 0 Å². The zero-order valence-electron chi connectivity index (χ0n) is 9.30. The molecule has 7 heteroatoms. The molecule has 1 aromatic carbocycles. The van der Waals surface area contributed by atoms with Gasteiger partial charge in [0.25, 0.3) is 0 Å². The van der Waals surface area contributed by atoms with Gasteiger partial charge in [-0.2, -0.15) is 0 Å². The average Bonchev–Trinajstić information content (AvgIpc) is 2.78. The normalized spacial score (nSPS) is 11.5. The lowest BCUT2D eigenvalue weighted by Crippen LogP contribution is -2.15. The summed E-state index contributed by atoms with van der Waals surface area (Å²) in [5.74, 6) is -0.303. The Kier molecular flexibility index (Phi) is 3.05. The molecular formula is C11H10FN5O. The van der Waals surface area contributed by atoms with Crippen LogP contribution in [0.3, 0.4) is 0 Å². The third-order valence-electron chi connectivity index (χ3n) is 2.21. The quantitative estimate of drug-likeness (QED) is 0.631. The molecule has 2 aromatic rings. The molecule has 1 aromatic heterocycles. The maximum Gasteiger partial charge on any atom is 0.199 e. The van der Waals surface area contributed by atoms with Crippen LogP contribution in [0, 0.1) is 5.82 Å². The molecule has 0 aliphatic heterocycles. The van der Waals surface area contributed by atoms with Crippen LogP contribution in [0.1, 0.15) is 11.3 Å². The van der Waals surface area contributed by atoms with Gasteiger partial charge in [-0.25, -0.2) is 14.0 Å². The molecule has 0 unspecified atom stereocenters. The van der Waals surface area contributed by atoms with Crippen molar-refractivity contribution in [2.75, 3.05) is 5.73 Å². The summed E-state index contributed by atoms with van der Waals surface area (Å²) in [6.07, 6.45) is 1.39. The predicted octanol–water partition coefficient (Wildman–Crippen LogP) is 1.47. The van der Waals surface area contributed by atoms with E-state index in [9.17, 15) is 4.39 Å². The highest BCUT2D eigenvalue weighted by Crippen LogP contribution is 2.19. The highest BCUT2D eigenvalue weighted by molar-refractivity contribution is 6.00. The van der Waals surface area contributed by atoms with Crippen LogP contribution >= 0.6 is 0 Å². The molecule has 0 radical (unpaired) electrons. The number of halogens is 1. The minimum atomic E-state index is -0.384. The van der Waals surface area contributed by atoms with E-state index in [4.69, 9.17) is 11.5 Å². The number of nitrogens with zero attached hydrogens (tertiary/aromatic N) is 3. The number of anilines is 1. The van der Waals surface area contributed by atoms with Crippen molar-refractivity contribution in [2.24, 2.45) is 10.7 Å². The van der Waals surface area contributed by atoms with Crippen LogP contribution in [-0.4, -0.2) is 16.1 Å². The first-order valence-electron chi connectivity index (χ1n) is 4.96. The van der Waals surface area contributed by atoms with Gasteiger partial charge in [0.05, 0.1) is 5.69 Å². The van der Waals surface area contributed by atoms with Crippen molar-refractivity contribution >= 4 is 23.4 Å². The molecule has 0 fully saturated rings. The largest absolute Gasteiger partial charge is 0.382 e. The number of amidine groups is 1. The van der Waals surface area contributed by atoms with Gasteiger partial charge in [0.2, 0.25) is 0 Å². The summed E-state index contributed by atoms with van der Waals surface area (Å²) in [4.78, 5) is 4.05. The Balaban J connectivity index is 2.39. The smallest absolute Gasteiger partial charge is 0.199 e. The summed E-state index contributed by atoms with van der Waals surface area (Å²) in [7, 11) is 0. The lowest BCUT2D eigenvalue weighted by molar-refractivity contribution is 0.308. The molecule has 0 saturated heterocycles. The summed E-state index contributed by atoms with van der Waals surface area (Å²) in [5.41, 5.74) is 12.1. The molecule has 92 valence electrons. The Morgan fingerprint density at radius 3 is 2.83 bits per heavy atom. The third-order valence-corrected chi connectivity index (χ3v) is 2.21. The second-order valence-corrected chi connectivity index (χ2v) is 3.41. The number of rotatable bonds is 3. The molecule has 0 atom stereocenters. The van der Waals surface area contributed by atoms with Crippen molar-refractivity contribution in [3.05, 3.63) is 41.9 Å². The molecule has 0 aliphatic rings. The van der Waals surface area contributed by atoms with Gasteiger partial charge in [0.1, 0.15) is 5.82 Å². The predicted molar refractivity (Wildman–Crippen MR) is 65.6 cm³/mol. The zero-order chi connectivity index (χ0) is 13.1. The van der Waals surface area contributed by atoms with E-state index >= 15 is 0 Å². The summed E-state index contributed by atoms with van der Waals surface area (Å²) >= 11 is 0. The Morgan fingerprint density at radius 1 is 1.44 bits per heavy atom. The number of hydrogen-bond donors (Lipinski definition) is 2. The number of aromatic nitrogens is 2. The van der Waals surface area contributed by atoms with Crippen LogP contribution in [-0.2, 0) is 0 Å². The van der Waals surface area contributed by atoms with Crippen LogP contribution in [0.4, 0.5) is 15.9 Å². The van der Waals surface area contributed by atoms with E-state index in [2.05, 4.69) is 26.5 Å². The molecule has 0 bridgehead atoms. The Bertz CT molecular complexity index is 620. The summed E-state index contributed by atoms with van der Waals surface area (Å²) in [5, 5.41) is 6.89. The summed E-state index contributed by atoms with van der Waals surface area (Å²) in [6.45, 7) is 3.50. The topological polar surface area (TPSA) is 103 Å². The van der Waals surface area contributed by atoms with Crippen molar-refractivity contribution in [1.82, 2.24) is 10.3 Å². The van der Waals surface area contributed by atoms with Gasteiger partial charge < -0.3 is 11.5 Å². The fourth-order valence-electron chi connectivity index (χ4n) is 1.32. The molecule has 1 heterocycles. The highest BCUT2D eigenvalue weighted by Gasteiger charge is 2.10. The van der Waals surface area contributed by atoms with Gasteiger partial charge in [-0.15, -0.1) is 0 Å². The van der Waals surface area contributed by atoms with Gasteiger partial charge in [0.15, 0.2) is 17.3 Å². The molecule has 2 rings (SSSR count). The summed E-state index contributed by atoms with van der Waals surface area (Å²) in [6, 6.07) is 4.24. The third kappa shape index (κ3) is 2.19. The van der Waals surface area contributed by atoms with Crippen molar-refractivity contribution in [3.8, 4) is 0 Å². The van der Waals surface area contributed by atoms with Gasteiger partial charge >= 0.3 is 0 Å². The van der Waals surface area contributed by atoms with E-state index in [1.807, 2.05) is 0 Å². The van der Waals surface area contributed by atoms with Crippen LogP contribution in [0.15, 0.2) is 34.4 Å². The van der Waals surface area contributed by atoms with Gasteiger partial charge in [0, 0.05) is 5.56 Å². The standard InChI is InChI=1S/C11H10FN5O/c1-2-6-5-7(3-4-8(6)12)15-10(13)9-11(14)17-18-16-9/h2-5H,1H2,(H2,13,15)(H2,14,17). The van der Waals surface area contributed by atoms with E-state index < -0.39 is 0 Å². The number of nitrogens with two attached hydrogens (primary N) is 2. The van der Waals surface area contributed by atoms with Crippen molar-refractivity contribution in [1.29, 1.82) is 0 Å². The number of aliphatic imine (C=N–C) groups is 1. The molecule has 0 amide bonds.